The summed E-state index contributed by atoms with van der Waals surface area (Å²) >= 11 is 1.44. The van der Waals surface area contributed by atoms with Crippen molar-refractivity contribution in [3.63, 3.8) is 0 Å². The van der Waals surface area contributed by atoms with Crippen LogP contribution in [0.2, 0.25) is 0 Å². The van der Waals surface area contributed by atoms with Crippen molar-refractivity contribution in [2.75, 3.05) is 0 Å². The number of fused-ring (bicyclic) bond motifs is 4. The van der Waals surface area contributed by atoms with E-state index >= 15 is 0 Å². The largest absolute Gasteiger partial charge is 0.364 e. The zero-order chi connectivity index (χ0) is 38.9. The molecule has 59 heavy (non-hydrogen) atoms. The minimum absolute atomic E-state index is 0.480. The highest BCUT2D eigenvalue weighted by Crippen LogP contribution is 2.65. The maximum absolute atomic E-state index is 5.58. The van der Waals surface area contributed by atoms with Gasteiger partial charge in [-0.2, -0.15) is 4.37 Å². The van der Waals surface area contributed by atoms with Gasteiger partial charge in [-0.1, -0.05) is 78.9 Å². The zero-order valence-electron chi connectivity index (χ0n) is 31.5. The maximum atomic E-state index is 5.58. The molecule has 1 aliphatic rings. The lowest BCUT2D eigenvalue weighted by atomic mass is 9.55. The lowest BCUT2D eigenvalue weighted by Crippen LogP contribution is -2.42. The highest BCUT2D eigenvalue weighted by molar-refractivity contribution is 7.03. The van der Waals surface area contributed by atoms with Crippen LogP contribution in [0.15, 0.2) is 176 Å². The van der Waals surface area contributed by atoms with Crippen LogP contribution in [0, 0.1) is 0 Å². The van der Waals surface area contributed by atoms with Crippen LogP contribution in [0.3, 0.4) is 0 Å². The Morgan fingerprint density at radius 1 is 0.576 bits per heavy atom. The quantitative estimate of drug-likeness (QED) is 0.129. The Morgan fingerprint density at radius 2 is 1.36 bits per heavy atom. The molecule has 0 radical (unpaired) electrons. The molecule has 4 aromatic carbocycles. The van der Waals surface area contributed by atoms with Gasteiger partial charge in [-0.3, -0.25) is 4.98 Å². The van der Waals surface area contributed by atoms with Gasteiger partial charge in [-0.15, -0.1) is 0 Å². The highest BCUT2D eigenvalue weighted by atomic mass is 32.1. The summed E-state index contributed by atoms with van der Waals surface area (Å²) in [5.41, 5.74) is 12.1. The second kappa shape index (κ2) is 13.2. The summed E-state index contributed by atoms with van der Waals surface area (Å²) < 4.78 is 5.23. The SMILES string of the molecule is c1c[nH]c(C2=C(c3ccsn3)C(c3ccc[nH]3)(c3nc4ccccc4[nH]3)C(c3cc4ccccc4[nH]3)C(c3nccc4ccccc34)=C2c2ccc3ccccc3n2)c1. The van der Waals surface area contributed by atoms with Crippen molar-refractivity contribution < 1.29 is 0 Å². The van der Waals surface area contributed by atoms with E-state index in [4.69, 9.17) is 19.3 Å². The average molecular weight is 779 g/mol. The second-order valence-electron chi connectivity index (χ2n) is 15.0. The number of H-pyrrole nitrogens is 4. The molecule has 11 aromatic rings. The minimum Gasteiger partial charge on any atom is -0.364 e. The van der Waals surface area contributed by atoms with E-state index in [1.807, 2.05) is 24.7 Å². The van der Waals surface area contributed by atoms with E-state index in [0.717, 1.165) is 106 Å². The Bertz CT molecular complexity index is 3330. The predicted molar refractivity (Wildman–Crippen MR) is 239 cm³/mol. The molecule has 8 nitrogen and oxygen atoms in total. The fourth-order valence-corrected chi connectivity index (χ4v) is 9.99. The lowest BCUT2D eigenvalue weighted by molar-refractivity contribution is 0.546. The second-order valence-corrected chi connectivity index (χ2v) is 15.7. The van der Waals surface area contributed by atoms with Crippen molar-refractivity contribution in [3.8, 4) is 0 Å². The van der Waals surface area contributed by atoms with Crippen molar-refractivity contribution in [3.05, 3.63) is 216 Å². The number of imidazole rings is 1. The number of pyridine rings is 2. The van der Waals surface area contributed by atoms with Gasteiger partial charge < -0.3 is 19.9 Å². The zero-order valence-corrected chi connectivity index (χ0v) is 32.3. The molecule has 280 valence electrons. The molecule has 2 unspecified atom stereocenters. The normalized spacial score (nSPS) is 17.3. The van der Waals surface area contributed by atoms with Crippen LogP contribution in [0.25, 0.3) is 65.9 Å². The van der Waals surface area contributed by atoms with Gasteiger partial charge in [0.05, 0.1) is 33.6 Å². The van der Waals surface area contributed by atoms with Gasteiger partial charge in [0.25, 0.3) is 0 Å². The fourth-order valence-electron chi connectivity index (χ4n) is 9.48. The summed E-state index contributed by atoms with van der Waals surface area (Å²) in [5.74, 6) is 0.297. The molecule has 2 atom stereocenters. The molecule has 0 bridgehead atoms. The monoisotopic (exact) mass is 778 g/mol. The highest BCUT2D eigenvalue weighted by Gasteiger charge is 2.57. The third-order valence-corrected chi connectivity index (χ3v) is 12.4. The fraction of sp³-hybridized carbons (Fsp3) is 0.0400. The lowest BCUT2D eigenvalue weighted by Gasteiger charge is -2.46. The Kier molecular flexibility index (Phi) is 7.51. The van der Waals surface area contributed by atoms with E-state index in [9.17, 15) is 0 Å². The first kappa shape index (κ1) is 33.5. The minimum atomic E-state index is -1.06. The van der Waals surface area contributed by atoms with Gasteiger partial charge in [-0.25, -0.2) is 9.97 Å². The molecule has 9 heteroatoms. The van der Waals surface area contributed by atoms with Crippen LogP contribution in [0.1, 0.15) is 45.9 Å². The number of nitrogens with one attached hydrogen (secondary N) is 4. The van der Waals surface area contributed by atoms with Crippen LogP contribution in [-0.4, -0.2) is 39.3 Å². The first-order valence-electron chi connectivity index (χ1n) is 19.7. The molecule has 4 N–H and O–H groups in total. The molecular weight excluding hydrogens is 745 g/mol. The van der Waals surface area contributed by atoms with Gasteiger partial charge in [0.2, 0.25) is 0 Å². The Hall–Kier alpha value is -7.62. The molecule has 0 saturated carbocycles. The summed E-state index contributed by atoms with van der Waals surface area (Å²) in [7, 11) is 0. The summed E-state index contributed by atoms with van der Waals surface area (Å²) in [4.78, 5) is 31.8. The number of hydrogen-bond donors (Lipinski definition) is 4. The number of rotatable bonds is 7. The molecule has 0 amide bonds. The maximum Gasteiger partial charge on any atom is 0.125 e. The number of benzene rings is 4. The third-order valence-electron chi connectivity index (χ3n) is 11.9. The van der Waals surface area contributed by atoms with Crippen LogP contribution in [0.5, 0.6) is 0 Å². The molecule has 0 spiro atoms. The number of hydrogen-bond acceptors (Lipinski definition) is 5. The summed E-state index contributed by atoms with van der Waals surface area (Å²) in [6, 6.07) is 52.9. The average Bonchev–Trinajstić information content (AvgIpc) is 4.15. The van der Waals surface area contributed by atoms with E-state index in [1.165, 1.54) is 11.5 Å². The molecule has 0 fully saturated rings. The summed E-state index contributed by atoms with van der Waals surface area (Å²) in [6.45, 7) is 0. The number of para-hydroxylation sites is 4. The number of allylic oxidation sites excluding steroid dienone is 4. The summed E-state index contributed by atoms with van der Waals surface area (Å²) in [6.07, 6.45) is 5.93. The molecule has 12 rings (SSSR count). The first-order chi connectivity index (χ1) is 29.3. The van der Waals surface area contributed by atoms with E-state index in [-0.39, 0.29) is 0 Å². The molecule has 1 aliphatic carbocycles. The van der Waals surface area contributed by atoms with Crippen LogP contribution in [-0.2, 0) is 5.41 Å². The van der Waals surface area contributed by atoms with Crippen molar-refractivity contribution >= 4 is 77.4 Å². The Labute approximate surface area is 342 Å². The molecule has 7 heterocycles. The standard InChI is InChI=1S/C50H34N8S/c1-4-14-33-30(11-1)23-27-53-48(33)45-43(39-22-21-31-12-2-5-15-34(31)54-39)44(38-19-9-25-51-38)46(40-24-28-59-58-40)50(42-20-10-26-52-42,49-56-36-17-7-8-18-37(36)57-49)47(45)41-29-32-13-3-6-16-35(32)55-41/h1-29,47,51-52,55H,(H,56,57). The van der Waals surface area contributed by atoms with E-state index in [0.29, 0.717) is 0 Å². The predicted octanol–water partition coefficient (Wildman–Crippen LogP) is 11.6. The van der Waals surface area contributed by atoms with Crippen molar-refractivity contribution in [1.82, 2.24) is 39.3 Å². The van der Waals surface area contributed by atoms with Gasteiger partial charge in [0, 0.05) is 80.0 Å². The van der Waals surface area contributed by atoms with E-state index < -0.39 is 11.3 Å². The number of aromatic amines is 4. The molecule has 0 saturated heterocycles. The number of aromatic nitrogens is 8. The van der Waals surface area contributed by atoms with Crippen LogP contribution >= 0.6 is 11.5 Å². The third kappa shape index (κ3) is 5.08. The molecular formula is C50H34N8S. The van der Waals surface area contributed by atoms with Crippen LogP contribution in [0.4, 0.5) is 0 Å². The summed E-state index contributed by atoms with van der Waals surface area (Å²) in [5, 5.41) is 6.37. The first-order valence-corrected chi connectivity index (χ1v) is 20.5. The van der Waals surface area contributed by atoms with Gasteiger partial charge >= 0.3 is 0 Å². The molecule has 7 aromatic heterocycles. The van der Waals surface area contributed by atoms with Gasteiger partial charge in [0.15, 0.2) is 0 Å². The van der Waals surface area contributed by atoms with E-state index in [2.05, 4.69) is 171 Å². The van der Waals surface area contributed by atoms with Crippen LogP contribution < -0.4 is 0 Å². The Morgan fingerprint density at radius 3 is 2.15 bits per heavy atom. The topological polar surface area (TPSA) is 115 Å². The van der Waals surface area contributed by atoms with Crippen molar-refractivity contribution in [1.29, 1.82) is 0 Å². The van der Waals surface area contributed by atoms with Gasteiger partial charge in [-0.05, 0) is 101 Å². The molecule has 0 aliphatic heterocycles. The van der Waals surface area contributed by atoms with Gasteiger partial charge in [0.1, 0.15) is 11.2 Å². The van der Waals surface area contributed by atoms with Crippen molar-refractivity contribution in [2.24, 2.45) is 0 Å². The smallest absolute Gasteiger partial charge is 0.125 e. The van der Waals surface area contributed by atoms with Crippen molar-refractivity contribution in [2.45, 2.75) is 11.3 Å². The Balaban J connectivity index is 1.37. The van der Waals surface area contributed by atoms with E-state index in [1.54, 1.807) is 0 Å². The number of nitrogens with zero attached hydrogens (tertiary/aromatic N) is 4.